The minimum absolute atomic E-state index is 0.120. The van der Waals surface area contributed by atoms with Crippen molar-refractivity contribution in [3.05, 3.63) is 79.1 Å². The number of aromatic amines is 1. The van der Waals surface area contributed by atoms with E-state index >= 15 is 4.39 Å². The fourth-order valence-corrected chi connectivity index (χ4v) is 4.67. The summed E-state index contributed by atoms with van der Waals surface area (Å²) in [7, 11) is 0. The van der Waals surface area contributed by atoms with Gasteiger partial charge < -0.3 is 0 Å². The number of H-pyrrole nitrogens is 1. The lowest BCUT2D eigenvalue weighted by Gasteiger charge is -2.15. The second kappa shape index (κ2) is 6.24. The lowest BCUT2D eigenvalue weighted by molar-refractivity contribution is 0.618. The van der Waals surface area contributed by atoms with Crippen molar-refractivity contribution in [2.24, 2.45) is 0 Å². The molecule has 0 spiro atoms. The highest BCUT2D eigenvalue weighted by atomic mass is 32.1. The van der Waals surface area contributed by atoms with E-state index in [9.17, 15) is 9.59 Å². The molecule has 4 heterocycles. The number of nitrogens with zero attached hydrogens (tertiary/aromatic N) is 2. The largest absolute Gasteiger partial charge is 0.333 e. The fraction of sp³-hybridized carbons (Fsp3) is 0.190. The van der Waals surface area contributed by atoms with Crippen LogP contribution in [0.15, 0.2) is 50.9 Å². The maximum atomic E-state index is 15.2. The Kier molecular flexibility index (Phi) is 3.80. The molecule has 4 aromatic rings. The molecule has 1 aliphatic carbocycles. The molecule has 0 saturated heterocycles. The van der Waals surface area contributed by atoms with Gasteiger partial charge in [0.25, 0.3) is 5.56 Å². The third kappa shape index (κ3) is 2.54. The molecule has 0 aromatic carbocycles. The zero-order valence-electron chi connectivity index (χ0n) is 15.0. The van der Waals surface area contributed by atoms with Crippen molar-refractivity contribution in [1.82, 2.24) is 14.4 Å². The van der Waals surface area contributed by atoms with Gasteiger partial charge in [-0.15, -0.1) is 0 Å². The minimum atomic E-state index is -0.617. The van der Waals surface area contributed by atoms with Gasteiger partial charge in [0.1, 0.15) is 5.82 Å². The lowest BCUT2D eigenvalue weighted by atomic mass is 9.96. The number of thiophene rings is 1. The first-order chi connectivity index (χ1) is 13.6. The van der Waals surface area contributed by atoms with Gasteiger partial charge in [-0.1, -0.05) is 6.07 Å². The van der Waals surface area contributed by atoms with Gasteiger partial charge in [-0.2, -0.15) is 11.3 Å². The van der Waals surface area contributed by atoms with Crippen molar-refractivity contribution in [3.8, 4) is 22.4 Å². The molecule has 1 saturated carbocycles. The quantitative estimate of drug-likeness (QED) is 0.570. The Hall–Kier alpha value is -3.06. The van der Waals surface area contributed by atoms with E-state index < -0.39 is 11.5 Å². The summed E-state index contributed by atoms with van der Waals surface area (Å²) < 4.78 is 16.4. The van der Waals surface area contributed by atoms with Crippen LogP contribution in [0.4, 0.5) is 4.39 Å². The van der Waals surface area contributed by atoms with Crippen LogP contribution in [-0.2, 0) is 0 Å². The zero-order chi connectivity index (χ0) is 19.4. The summed E-state index contributed by atoms with van der Waals surface area (Å²) in [5, 5.41) is 3.82. The Balaban J connectivity index is 1.86. The standard InChI is InChI=1S/C21H16FN3O2S/c1-11-17(14-10-28-9-13(14)16-4-2-3-7-23-16)15(22)8-25-19(11)18(12-5-6-12)20(26)24-21(25)27/h2-4,7-10,12H,5-6H2,1H3,(H,24,26,27). The van der Waals surface area contributed by atoms with Crippen molar-refractivity contribution in [3.63, 3.8) is 0 Å². The van der Waals surface area contributed by atoms with Crippen molar-refractivity contribution < 1.29 is 4.39 Å². The Morgan fingerprint density at radius 1 is 1.21 bits per heavy atom. The van der Waals surface area contributed by atoms with E-state index in [4.69, 9.17) is 0 Å². The summed E-state index contributed by atoms with van der Waals surface area (Å²) in [6.45, 7) is 1.78. The molecule has 0 atom stereocenters. The van der Waals surface area contributed by atoms with Crippen LogP contribution >= 0.6 is 11.3 Å². The molecular weight excluding hydrogens is 377 g/mol. The van der Waals surface area contributed by atoms with Gasteiger partial charge in [0.2, 0.25) is 0 Å². The molecule has 28 heavy (non-hydrogen) atoms. The molecule has 140 valence electrons. The number of hydrogen-bond donors (Lipinski definition) is 1. The highest BCUT2D eigenvalue weighted by Crippen LogP contribution is 2.43. The Morgan fingerprint density at radius 3 is 2.71 bits per heavy atom. The van der Waals surface area contributed by atoms with Crippen LogP contribution in [0.1, 0.15) is 29.9 Å². The average molecular weight is 393 g/mol. The van der Waals surface area contributed by atoms with Gasteiger partial charge in [-0.3, -0.25) is 19.2 Å². The molecule has 1 aliphatic rings. The number of pyridine rings is 2. The number of hydrogen-bond acceptors (Lipinski definition) is 4. The number of aryl methyl sites for hydroxylation is 1. The Morgan fingerprint density at radius 2 is 2.00 bits per heavy atom. The Bertz CT molecular complexity index is 1330. The third-order valence-corrected chi connectivity index (χ3v) is 5.99. The maximum Gasteiger partial charge on any atom is 0.333 e. The predicted octanol–water partition coefficient (Wildman–Crippen LogP) is 4.10. The van der Waals surface area contributed by atoms with Crippen LogP contribution in [0.3, 0.4) is 0 Å². The van der Waals surface area contributed by atoms with Gasteiger partial charge in [-0.25, -0.2) is 9.18 Å². The highest BCUT2D eigenvalue weighted by Gasteiger charge is 2.31. The lowest BCUT2D eigenvalue weighted by Crippen LogP contribution is -2.29. The third-order valence-electron chi connectivity index (χ3n) is 5.25. The predicted molar refractivity (Wildman–Crippen MR) is 108 cm³/mol. The summed E-state index contributed by atoms with van der Waals surface area (Å²) in [5.74, 6) is -0.384. The summed E-state index contributed by atoms with van der Waals surface area (Å²) in [4.78, 5) is 31.5. The van der Waals surface area contributed by atoms with Gasteiger partial charge in [0.15, 0.2) is 0 Å². The molecule has 0 radical (unpaired) electrons. The van der Waals surface area contributed by atoms with Gasteiger partial charge in [0, 0.05) is 33.8 Å². The van der Waals surface area contributed by atoms with Crippen molar-refractivity contribution >= 4 is 16.9 Å². The van der Waals surface area contributed by atoms with Gasteiger partial charge in [0.05, 0.1) is 17.4 Å². The second-order valence-corrected chi connectivity index (χ2v) is 7.80. The summed E-state index contributed by atoms with van der Waals surface area (Å²) in [5.41, 5.74) is 3.42. The smallest absolute Gasteiger partial charge is 0.273 e. The SMILES string of the molecule is Cc1c(-c2cscc2-c2ccccn2)c(F)cn2c(=O)[nH]c(=O)c(C3CC3)c12. The van der Waals surface area contributed by atoms with E-state index in [1.54, 1.807) is 13.1 Å². The molecule has 0 unspecified atom stereocenters. The normalized spacial score (nSPS) is 13.9. The summed E-state index contributed by atoms with van der Waals surface area (Å²) in [6.07, 6.45) is 4.69. The number of fused-ring (bicyclic) bond motifs is 1. The first-order valence-corrected chi connectivity index (χ1v) is 9.96. The van der Waals surface area contributed by atoms with Crippen molar-refractivity contribution in [2.45, 2.75) is 25.7 Å². The summed E-state index contributed by atoms with van der Waals surface area (Å²) in [6, 6.07) is 5.60. The fourth-order valence-electron chi connectivity index (χ4n) is 3.84. The second-order valence-electron chi connectivity index (χ2n) is 7.06. The van der Waals surface area contributed by atoms with E-state index in [1.807, 2.05) is 29.0 Å². The molecular formula is C21H16FN3O2S. The molecule has 0 bridgehead atoms. The number of halogens is 1. The van der Waals surface area contributed by atoms with Crippen LogP contribution in [0.2, 0.25) is 0 Å². The van der Waals surface area contributed by atoms with Crippen LogP contribution in [0.25, 0.3) is 27.9 Å². The van der Waals surface area contributed by atoms with Crippen molar-refractivity contribution in [2.75, 3.05) is 0 Å². The van der Waals surface area contributed by atoms with E-state index in [-0.39, 0.29) is 11.5 Å². The van der Waals surface area contributed by atoms with Crippen LogP contribution < -0.4 is 11.2 Å². The number of rotatable bonds is 3. The minimum Gasteiger partial charge on any atom is -0.273 e. The number of nitrogens with one attached hydrogen (secondary N) is 1. The van der Waals surface area contributed by atoms with Crippen molar-refractivity contribution in [1.29, 1.82) is 0 Å². The summed E-state index contributed by atoms with van der Waals surface area (Å²) >= 11 is 1.46. The monoisotopic (exact) mass is 393 g/mol. The Labute approximate surface area is 163 Å². The first kappa shape index (κ1) is 17.1. The first-order valence-electron chi connectivity index (χ1n) is 9.02. The van der Waals surface area contributed by atoms with Gasteiger partial charge in [-0.05, 0) is 48.8 Å². The number of aromatic nitrogens is 3. The molecule has 0 aliphatic heterocycles. The molecule has 5 nitrogen and oxygen atoms in total. The van der Waals surface area contributed by atoms with Crippen LogP contribution in [0, 0.1) is 12.7 Å². The van der Waals surface area contributed by atoms with Gasteiger partial charge >= 0.3 is 5.69 Å². The maximum absolute atomic E-state index is 15.2. The molecule has 1 N–H and O–H groups in total. The molecule has 1 fully saturated rings. The van der Waals surface area contributed by atoms with Crippen LogP contribution in [-0.4, -0.2) is 14.4 Å². The molecule has 4 aromatic heterocycles. The highest BCUT2D eigenvalue weighted by molar-refractivity contribution is 7.08. The van der Waals surface area contributed by atoms with E-state index in [0.29, 0.717) is 22.2 Å². The molecule has 7 heteroatoms. The van der Waals surface area contributed by atoms with E-state index in [2.05, 4.69) is 9.97 Å². The molecule has 5 rings (SSSR count). The zero-order valence-corrected chi connectivity index (χ0v) is 15.8. The van der Waals surface area contributed by atoms with E-state index in [1.165, 1.54) is 21.9 Å². The molecule has 0 amide bonds. The average Bonchev–Trinajstić information content (AvgIpc) is 3.40. The van der Waals surface area contributed by atoms with Crippen LogP contribution in [0.5, 0.6) is 0 Å². The van der Waals surface area contributed by atoms with E-state index in [0.717, 1.165) is 29.7 Å². The topological polar surface area (TPSA) is 67.2 Å².